The second-order valence-electron chi connectivity index (χ2n) is 6.12. The molecule has 3 nitrogen and oxygen atoms in total. The Kier molecular flexibility index (Phi) is 3.68. The van der Waals surface area contributed by atoms with Crippen molar-refractivity contribution < 1.29 is 0 Å². The number of anilines is 1. The maximum Gasteiger partial charge on any atom is 0.224 e. The van der Waals surface area contributed by atoms with Gasteiger partial charge in [0.1, 0.15) is 5.82 Å². The zero-order chi connectivity index (χ0) is 14.2. The third-order valence-electron chi connectivity index (χ3n) is 2.96. The van der Waals surface area contributed by atoms with Crippen molar-refractivity contribution in [3.8, 4) is 0 Å². The SMILES string of the molecule is CC(C)Nc1nc(Cl)nc2ccc(C(C)(C)C)cc12. The van der Waals surface area contributed by atoms with E-state index in [9.17, 15) is 0 Å². The molecule has 0 atom stereocenters. The maximum absolute atomic E-state index is 5.97. The molecule has 0 amide bonds. The second-order valence-corrected chi connectivity index (χ2v) is 6.46. The molecule has 1 aromatic carbocycles. The molecular formula is C15H20ClN3. The van der Waals surface area contributed by atoms with E-state index >= 15 is 0 Å². The molecule has 0 radical (unpaired) electrons. The molecule has 0 unspecified atom stereocenters. The van der Waals surface area contributed by atoms with Gasteiger partial charge < -0.3 is 5.32 Å². The van der Waals surface area contributed by atoms with Crippen molar-refractivity contribution in [3.63, 3.8) is 0 Å². The van der Waals surface area contributed by atoms with E-state index in [4.69, 9.17) is 11.6 Å². The molecule has 19 heavy (non-hydrogen) atoms. The molecule has 0 saturated carbocycles. The van der Waals surface area contributed by atoms with E-state index in [2.05, 4.69) is 62.0 Å². The van der Waals surface area contributed by atoms with Gasteiger partial charge in [-0.2, -0.15) is 0 Å². The molecule has 0 saturated heterocycles. The number of rotatable bonds is 2. The maximum atomic E-state index is 5.97. The van der Waals surface area contributed by atoms with Gasteiger partial charge in [-0.3, -0.25) is 0 Å². The van der Waals surface area contributed by atoms with Crippen molar-refractivity contribution in [2.75, 3.05) is 5.32 Å². The smallest absolute Gasteiger partial charge is 0.224 e. The average Bonchev–Trinajstić information content (AvgIpc) is 2.26. The summed E-state index contributed by atoms with van der Waals surface area (Å²) < 4.78 is 0. The Balaban J connectivity index is 2.65. The van der Waals surface area contributed by atoms with Crippen LogP contribution in [0.3, 0.4) is 0 Å². The highest BCUT2D eigenvalue weighted by molar-refractivity contribution is 6.28. The molecule has 4 heteroatoms. The summed E-state index contributed by atoms with van der Waals surface area (Å²) >= 11 is 5.97. The lowest BCUT2D eigenvalue weighted by molar-refractivity contribution is 0.591. The summed E-state index contributed by atoms with van der Waals surface area (Å²) in [7, 11) is 0. The lowest BCUT2D eigenvalue weighted by Gasteiger charge is -2.20. The van der Waals surface area contributed by atoms with Crippen LogP contribution in [0, 0.1) is 0 Å². The van der Waals surface area contributed by atoms with Gasteiger partial charge in [0.2, 0.25) is 5.28 Å². The fraction of sp³-hybridized carbons (Fsp3) is 0.467. The lowest BCUT2D eigenvalue weighted by atomic mass is 9.86. The van der Waals surface area contributed by atoms with Gasteiger partial charge in [-0.05, 0) is 48.6 Å². The highest BCUT2D eigenvalue weighted by Crippen LogP contribution is 2.29. The van der Waals surface area contributed by atoms with Gasteiger partial charge in [-0.25, -0.2) is 9.97 Å². The van der Waals surface area contributed by atoms with Crippen LogP contribution in [0.25, 0.3) is 10.9 Å². The summed E-state index contributed by atoms with van der Waals surface area (Å²) in [6, 6.07) is 6.56. The number of fused-ring (bicyclic) bond motifs is 1. The summed E-state index contributed by atoms with van der Waals surface area (Å²) in [4.78, 5) is 8.59. The molecule has 102 valence electrons. The van der Waals surface area contributed by atoms with Crippen LogP contribution in [-0.4, -0.2) is 16.0 Å². The van der Waals surface area contributed by atoms with Crippen molar-refractivity contribution in [1.29, 1.82) is 0 Å². The van der Waals surface area contributed by atoms with E-state index in [0.717, 1.165) is 16.7 Å². The predicted molar refractivity (Wildman–Crippen MR) is 82.0 cm³/mol. The summed E-state index contributed by atoms with van der Waals surface area (Å²) in [6.07, 6.45) is 0. The monoisotopic (exact) mass is 277 g/mol. The Morgan fingerprint density at radius 1 is 1.16 bits per heavy atom. The van der Waals surface area contributed by atoms with Crippen LogP contribution in [0.4, 0.5) is 5.82 Å². The molecule has 0 bridgehead atoms. The second kappa shape index (κ2) is 4.97. The van der Waals surface area contributed by atoms with E-state index in [1.165, 1.54) is 5.56 Å². The van der Waals surface area contributed by atoms with Crippen molar-refractivity contribution in [3.05, 3.63) is 29.0 Å². The van der Waals surface area contributed by atoms with Gasteiger partial charge in [0.05, 0.1) is 5.52 Å². The molecule has 0 aliphatic rings. The third-order valence-corrected chi connectivity index (χ3v) is 3.13. The van der Waals surface area contributed by atoms with Crippen LogP contribution >= 0.6 is 11.6 Å². The van der Waals surface area contributed by atoms with Crippen molar-refractivity contribution in [2.24, 2.45) is 0 Å². The topological polar surface area (TPSA) is 37.8 Å². The predicted octanol–water partition coefficient (Wildman–Crippen LogP) is 4.40. The van der Waals surface area contributed by atoms with E-state index in [1.807, 2.05) is 6.07 Å². The fourth-order valence-corrected chi connectivity index (χ4v) is 2.13. The number of nitrogens with one attached hydrogen (secondary N) is 1. The van der Waals surface area contributed by atoms with Crippen LogP contribution in [0.1, 0.15) is 40.2 Å². The standard InChI is InChI=1S/C15H20ClN3/c1-9(2)17-13-11-8-10(15(3,4)5)6-7-12(11)18-14(16)19-13/h6-9H,1-5H3,(H,17,18,19). The first-order valence-corrected chi connectivity index (χ1v) is 6.89. The Labute approximate surface area is 119 Å². The van der Waals surface area contributed by atoms with Crippen molar-refractivity contribution in [1.82, 2.24) is 9.97 Å². The molecule has 0 aliphatic carbocycles. The average molecular weight is 278 g/mol. The normalized spacial score (nSPS) is 12.2. The summed E-state index contributed by atoms with van der Waals surface area (Å²) in [6.45, 7) is 10.7. The van der Waals surface area contributed by atoms with Gasteiger partial charge >= 0.3 is 0 Å². The first-order chi connectivity index (χ1) is 8.77. The van der Waals surface area contributed by atoms with Gasteiger partial charge in [0, 0.05) is 11.4 Å². The number of nitrogens with zero attached hydrogens (tertiary/aromatic N) is 2. The largest absolute Gasteiger partial charge is 0.367 e. The number of aromatic nitrogens is 2. The molecule has 1 heterocycles. The number of hydrogen-bond donors (Lipinski definition) is 1. The van der Waals surface area contributed by atoms with Crippen LogP contribution in [0.5, 0.6) is 0 Å². The Morgan fingerprint density at radius 2 is 1.84 bits per heavy atom. The molecule has 1 aromatic heterocycles. The highest BCUT2D eigenvalue weighted by Gasteiger charge is 2.16. The Hall–Kier alpha value is -1.35. The summed E-state index contributed by atoms with van der Waals surface area (Å²) in [5.41, 5.74) is 2.23. The fourth-order valence-electron chi connectivity index (χ4n) is 1.95. The van der Waals surface area contributed by atoms with Gasteiger partial charge in [0.15, 0.2) is 0 Å². The lowest BCUT2D eigenvalue weighted by Crippen LogP contribution is -2.13. The Bertz CT molecular complexity index is 600. The van der Waals surface area contributed by atoms with E-state index in [1.54, 1.807) is 0 Å². The van der Waals surface area contributed by atoms with Crippen LogP contribution in [0.2, 0.25) is 5.28 Å². The molecule has 2 aromatic rings. The van der Waals surface area contributed by atoms with Crippen LogP contribution in [-0.2, 0) is 5.41 Å². The minimum absolute atomic E-state index is 0.100. The number of hydrogen-bond acceptors (Lipinski definition) is 3. The summed E-state index contributed by atoms with van der Waals surface area (Å²) in [5, 5.41) is 4.63. The van der Waals surface area contributed by atoms with Crippen LogP contribution < -0.4 is 5.32 Å². The van der Waals surface area contributed by atoms with E-state index in [0.29, 0.717) is 6.04 Å². The first kappa shape index (κ1) is 14.1. The van der Waals surface area contributed by atoms with E-state index < -0.39 is 0 Å². The highest BCUT2D eigenvalue weighted by atomic mass is 35.5. The van der Waals surface area contributed by atoms with Gasteiger partial charge in [0.25, 0.3) is 0 Å². The zero-order valence-corrected chi connectivity index (χ0v) is 12.8. The molecular weight excluding hydrogens is 258 g/mol. The first-order valence-electron chi connectivity index (χ1n) is 6.51. The minimum Gasteiger partial charge on any atom is -0.367 e. The van der Waals surface area contributed by atoms with Crippen LogP contribution in [0.15, 0.2) is 18.2 Å². The Morgan fingerprint density at radius 3 is 2.42 bits per heavy atom. The quantitative estimate of drug-likeness (QED) is 0.827. The molecule has 2 rings (SSSR count). The molecule has 0 spiro atoms. The molecule has 0 fully saturated rings. The molecule has 0 aliphatic heterocycles. The summed E-state index contributed by atoms with van der Waals surface area (Å²) in [5.74, 6) is 0.802. The zero-order valence-electron chi connectivity index (χ0n) is 12.1. The third kappa shape index (κ3) is 3.16. The number of halogens is 1. The van der Waals surface area contributed by atoms with Crippen molar-refractivity contribution >= 4 is 28.3 Å². The van der Waals surface area contributed by atoms with E-state index in [-0.39, 0.29) is 10.7 Å². The van der Waals surface area contributed by atoms with Gasteiger partial charge in [-0.1, -0.05) is 26.8 Å². The molecule has 1 N–H and O–H groups in total. The van der Waals surface area contributed by atoms with Gasteiger partial charge in [-0.15, -0.1) is 0 Å². The number of benzene rings is 1. The van der Waals surface area contributed by atoms with Crippen molar-refractivity contribution in [2.45, 2.75) is 46.1 Å². The minimum atomic E-state index is 0.100.